The van der Waals surface area contributed by atoms with Crippen LogP contribution < -0.4 is 4.74 Å². The first-order valence-corrected chi connectivity index (χ1v) is 7.89. The molecule has 120 valence electrons. The van der Waals surface area contributed by atoms with E-state index in [4.69, 9.17) is 4.74 Å². The molecule has 0 aliphatic heterocycles. The molecule has 0 aromatic heterocycles. The molecular weight excluding hydrogens is 260 g/mol. The summed E-state index contributed by atoms with van der Waals surface area (Å²) in [5.74, 6) is 1.09. The van der Waals surface area contributed by atoms with Gasteiger partial charge >= 0.3 is 0 Å². The molecule has 2 heteroatoms. The Morgan fingerprint density at radius 3 is 2.00 bits per heavy atom. The van der Waals surface area contributed by atoms with Crippen molar-refractivity contribution in [3.8, 4) is 5.75 Å². The van der Waals surface area contributed by atoms with Crippen LogP contribution in [0.4, 0.5) is 0 Å². The topological polar surface area (TPSA) is 29.5 Å². The van der Waals surface area contributed by atoms with Gasteiger partial charge < -0.3 is 9.84 Å². The van der Waals surface area contributed by atoms with Gasteiger partial charge in [0.2, 0.25) is 0 Å². The van der Waals surface area contributed by atoms with E-state index >= 15 is 0 Å². The van der Waals surface area contributed by atoms with Gasteiger partial charge in [0, 0.05) is 0 Å². The third-order valence-electron chi connectivity index (χ3n) is 3.83. The predicted molar refractivity (Wildman–Crippen MR) is 90.2 cm³/mol. The number of ether oxygens (including phenoxy) is 1. The van der Waals surface area contributed by atoms with Gasteiger partial charge in [-0.3, -0.25) is 0 Å². The quantitative estimate of drug-likeness (QED) is 0.873. The number of hydrogen-bond donors (Lipinski definition) is 1. The van der Waals surface area contributed by atoms with Crippen LogP contribution in [0.5, 0.6) is 5.75 Å². The number of aliphatic hydroxyl groups excluding tert-OH is 1. The van der Waals surface area contributed by atoms with Gasteiger partial charge in [-0.05, 0) is 33.9 Å². The highest BCUT2D eigenvalue weighted by Gasteiger charge is 2.23. The third kappa shape index (κ3) is 5.03. The van der Waals surface area contributed by atoms with Crippen LogP contribution in [-0.4, -0.2) is 17.8 Å². The zero-order valence-electron chi connectivity index (χ0n) is 14.9. The molecule has 1 aromatic rings. The van der Waals surface area contributed by atoms with Crippen molar-refractivity contribution >= 4 is 0 Å². The largest absolute Gasteiger partial charge is 0.491 e. The molecule has 1 N–H and O–H groups in total. The fourth-order valence-corrected chi connectivity index (χ4v) is 2.08. The van der Waals surface area contributed by atoms with E-state index < -0.39 is 6.10 Å². The van der Waals surface area contributed by atoms with Gasteiger partial charge in [-0.15, -0.1) is 0 Å². The predicted octanol–water partition coefficient (Wildman–Crippen LogP) is 4.68. The number of benzene rings is 1. The van der Waals surface area contributed by atoms with E-state index in [1.165, 1.54) is 11.1 Å². The van der Waals surface area contributed by atoms with Gasteiger partial charge in [-0.25, -0.2) is 0 Å². The Bertz CT molecular complexity index is 461. The first-order valence-electron chi connectivity index (χ1n) is 7.89. The third-order valence-corrected chi connectivity index (χ3v) is 3.83. The van der Waals surface area contributed by atoms with Crippen LogP contribution in [0, 0.1) is 5.92 Å². The summed E-state index contributed by atoms with van der Waals surface area (Å²) in [6.45, 7) is 17.6. The Hall–Kier alpha value is -1.02. The molecule has 21 heavy (non-hydrogen) atoms. The fraction of sp³-hybridized carbons (Fsp3) is 0.684. The molecule has 0 saturated carbocycles. The highest BCUT2D eigenvalue weighted by atomic mass is 16.5. The molecular formula is C19H32O2. The summed E-state index contributed by atoms with van der Waals surface area (Å²) in [4.78, 5) is 0. The van der Waals surface area contributed by atoms with Crippen LogP contribution in [0.3, 0.4) is 0 Å². The summed E-state index contributed by atoms with van der Waals surface area (Å²) >= 11 is 0. The van der Waals surface area contributed by atoms with Crippen molar-refractivity contribution in [1.29, 1.82) is 0 Å². The summed E-state index contributed by atoms with van der Waals surface area (Å²) < 4.78 is 5.90. The van der Waals surface area contributed by atoms with Crippen LogP contribution >= 0.6 is 0 Å². The van der Waals surface area contributed by atoms with Crippen molar-refractivity contribution in [1.82, 2.24) is 0 Å². The van der Waals surface area contributed by atoms with Gasteiger partial charge in [-0.1, -0.05) is 67.5 Å². The summed E-state index contributed by atoms with van der Waals surface area (Å²) in [7, 11) is 0. The Balaban J connectivity index is 3.09. The number of rotatable bonds is 4. The first-order chi connectivity index (χ1) is 9.43. The van der Waals surface area contributed by atoms with E-state index in [1.54, 1.807) is 0 Å². The molecule has 0 heterocycles. The van der Waals surface area contributed by atoms with Crippen LogP contribution in [0.15, 0.2) is 18.2 Å². The highest BCUT2D eigenvalue weighted by molar-refractivity contribution is 5.43. The van der Waals surface area contributed by atoms with Gasteiger partial charge in [0.25, 0.3) is 0 Å². The Labute approximate surface area is 130 Å². The van der Waals surface area contributed by atoms with Gasteiger partial charge in [0.05, 0.1) is 6.10 Å². The lowest BCUT2D eigenvalue weighted by Gasteiger charge is -2.28. The molecule has 0 spiro atoms. The van der Waals surface area contributed by atoms with Crippen LogP contribution in [0.2, 0.25) is 0 Å². The Morgan fingerprint density at radius 1 is 1.00 bits per heavy atom. The first kappa shape index (κ1) is 18.0. The summed E-state index contributed by atoms with van der Waals surface area (Å²) in [6, 6.07) is 6.43. The summed E-state index contributed by atoms with van der Waals surface area (Å²) in [5, 5.41) is 9.94. The lowest BCUT2D eigenvalue weighted by atomic mass is 9.80. The minimum atomic E-state index is -0.430. The Kier molecular flexibility index (Phi) is 5.49. The highest BCUT2D eigenvalue weighted by Crippen LogP contribution is 2.35. The lowest BCUT2D eigenvalue weighted by molar-refractivity contribution is 0.0693. The van der Waals surface area contributed by atoms with Crippen molar-refractivity contribution in [2.75, 3.05) is 6.61 Å². The minimum absolute atomic E-state index is 0.0133. The molecule has 1 aromatic carbocycles. The minimum Gasteiger partial charge on any atom is -0.491 e. The van der Waals surface area contributed by atoms with Crippen LogP contribution in [0.1, 0.15) is 66.5 Å². The zero-order chi connectivity index (χ0) is 16.4. The molecule has 0 aliphatic rings. The average Bonchev–Trinajstić information content (AvgIpc) is 2.33. The van der Waals surface area contributed by atoms with E-state index in [2.05, 4.69) is 53.7 Å². The van der Waals surface area contributed by atoms with Gasteiger partial charge in [0.15, 0.2) is 0 Å². The standard InChI is InChI=1S/C19H32O2/c1-13(2)16(20)12-21-17-10-9-14(18(3,4)5)11-15(17)19(6,7)8/h9-11,13,16,20H,12H2,1-8H3. The van der Waals surface area contributed by atoms with E-state index in [0.717, 1.165) is 5.75 Å². The van der Waals surface area contributed by atoms with Crippen molar-refractivity contribution in [2.45, 2.75) is 72.3 Å². The normalized spacial score (nSPS) is 14.4. The van der Waals surface area contributed by atoms with E-state index in [0.29, 0.717) is 6.61 Å². The molecule has 2 nitrogen and oxygen atoms in total. The maximum atomic E-state index is 9.94. The average molecular weight is 292 g/mol. The molecule has 0 aliphatic carbocycles. The van der Waals surface area contributed by atoms with Crippen molar-refractivity contribution in [3.05, 3.63) is 29.3 Å². The maximum absolute atomic E-state index is 9.94. The number of aliphatic hydroxyl groups is 1. The molecule has 1 atom stereocenters. The van der Waals surface area contributed by atoms with Crippen molar-refractivity contribution in [2.24, 2.45) is 5.92 Å². The zero-order valence-corrected chi connectivity index (χ0v) is 14.9. The summed E-state index contributed by atoms with van der Waals surface area (Å²) in [5.41, 5.74) is 2.64. The summed E-state index contributed by atoms with van der Waals surface area (Å²) in [6.07, 6.45) is -0.430. The van der Waals surface area contributed by atoms with Gasteiger partial charge in [-0.2, -0.15) is 0 Å². The van der Waals surface area contributed by atoms with Crippen molar-refractivity contribution < 1.29 is 9.84 Å². The van der Waals surface area contributed by atoms with E-state index in [-0.39, 0.29) is 16.7 Å². The molecule has 0 saturated heterocycles. The van der Waals surface area contributed by atoms with Crippen LogP contribution in [0.25, 0.3) is 0 Å². The monoisotopic (exact) mass is 292 g/mol. The maximum Gasteiger partial charge on any atom is 0.123 e. The second-order valence-corrected chi connectivity index (χ2v) is 8.33. The van der Waals surface area contributed by atoms with Crippen molar-refractivity contribution in [3.63, 3.8) is 0 Å². The lowest BCUT2D eigenvalue weighted by Crippen LogP contribution is -2.25. The van der Waals surface area contributed by atoms with Crippen LogP contribution in [-0.2, 0) is 10.8 Å². The second-order valence-electron chi connectivity index (χ2n) is 8.33. The second kappa shape index (κ2) is 6.39. The number of hydrogen-bond acceptors (Lipinski definition) is 2. The van der Waals surface area contributed by atoms with E-state index in [1.807, 2.05) is 19.9 Å². The molecule has 0 fully saturated rings. The molecule has 0 bridgehead atoms. The smallest absolute Gasteiger partial charge is 0.123 e. The van der Waals surface area contributed by atoms with Gasteiger partial charge in [0.1, 0.15) is 12.4 Å². The van der Waals surface area contributed by atoms with E-state index in [9.17, 15) is 5.11 Å². The molecule has 0 amide bonds. The molecule has 0 radical (unpaired) electrons. The SMILES string of the molecule is CC(C)C(O)COc1ccc(C(C)(C)C)cc1C(C)(C)C. The Morgan fingerprint density at radius 2 is 1.57 bits per heavy atom. The fourth-order valence-electron chi connectivity index (χ4n) is 2.08. The molecule has 1 unspecified atom stereocenters. The molecule has 1 rings (SSSR count).